The van der Waals surface area contributed by atoms with Crippen molar-refractivity contribution >= 4 is 11.9 Å². The summed E-state index contributed by atoms with van der Waals surface area (Å²) in [5, 5.41) is 10.7. The molecule has 0 amide bonds. The van der Waals surface area contributed by atoms with Crippen molar-refractivity contribution in [2.45, 2.75) is 0 Å². The molecule has 11 heavy (non-hydrogen) atoms. The van der Waals surface area contributed by atoms with Gasteiger partial charge in [-0.1, -0.05) is 0 Å². The molecule has 0 unspecified atom stereocenters. The Morgan fingerprint density at radius 2 is 2.36 bits per heavy atom. The Morgan fingerprint density at radius 1 is 1.55 bits per heavy atom. The molecule has 6 heteroatoms. The summed E-state index contributed by atoms with van der Waals surface area (Å²) in [7, 11) is 4.08. The van der Waals surface area contributed by atoms with Gasteiger partial charge in [0.1, 0.15) is 0 Å². The summed E-state index contributed by atoms with van der Waals surface area (Å²) in [6, 6.07) is 0. The molecule has 0 aromatic carbocycles. The Kier molecular flexibility index (Phi) is 3.31. The van der Waals surface area contributed by atoms with E-state index < -0.39 is 0 Å². The van der Waals surface area contributed by atoms with Crippen LogP contribution in [0.15, 0.2) is 6.33 Å². The monoisotopic (exact) mass is 173 g/mol. The van der Waals surface area contributed by atoms with Crippen LogP contribution in [0.3, 0.4) is 0 Å². The summed E-state index contributed by atoms with van der Waals surface area (Å²) in [5.41, 5.74) is 0. The molecule has 62 valence electrons. The first-order valence-corrected chi connectivity index (χ1v) is 4.24. The van der Waals surface area contributed by atoms with Gasteiger partial charge in [0.25, 0.3) is 0 Å². The van der Waals surface area contributed by atoms with Crippen molar-refractivity contribution < 1.29 is 0 Å². The lowest BCUT2D eigenvalue weighted by Gasteiger charge is -2.06. The molecule has 1 aromatic rings. The summed E-state index contributed by atoms with van der Waals surface area (Å²) < 4.78 is 1.66. The molecule has 0 atom stereocenters. The Labute approximate surface area is 69.9 Å². The van der Waals surface area contributed by atoms with Crippen molar-refractivity contribution in [3.05, 3.63) is 6.33 Å². The van der Waals surface area contributed by atoms with Crippen LogP contribution in [0.5, 0.6) is 0 Å². The molecule has 0 aliphatic heterocycles. The first kappa shape index (κ1) is 8.48. The highest BCUT2D eigenvalue weighted by molar-refractivity contribution is 7.97. The minimum absolute atomic E-state index is 0.998. The molecule has 0 bridgehead atoms. The zero-order chi connectivity index (χ0) is 8.10. The largest absolute Gasteiger partial charge is 0.309 e. The molecule has 0 N–H and O–H groups in total. The Morgan fingerprint density at radius 3 is 2.91 bits per heavy atom. The molecule has 5 nitrogen and oxygen atoms in total. The van der Waals surface area contributed by atoms with Gasteiger partial charge in [0.05, 0.1) is 0 Å². The van der Waals surface area contributed by atoms with Crippen molar-refractivity contribution in [2.75, 3.05) is 26.4 Å². The third-order valence-electron chi connectivity index (χ3n) is 1.09. The minimum atomic E-state index is 0.998. The van der Waals surface area contributed by atoms with Crippen LogP contribution in [0, 0.1) is 0 Å². The van der Waals surface area contributed by atoms with Gasteiger partial charge in [0.2, 0.25) is 0 Å². The van der Waals surface area contributed by atoms with Crippen molar-refractivity contribution in [3.63, 3.8) is 0 Å². The van der Waals surface area contributed by atoms with E-state index in [1.165, 1.54) is 0 Å². The van der Waals surface area contributed by atoms with Gasteiger partial charge >= 0.3 is 0 Å². The number of nitrogens with zero attached hydrogens (tertiary/aromatic N) is 5. The predicted molar refractivity (Wildman–Crippen MR) is 44.2 cm³/mol. The number of rotatable bonds is 4. The fraction of sp³-hybridized carbons (Fsp3) is 0.800. The van der Waals surface area contributed by atoms with Crippen LogP contribution in [0.2, 0.25) is 0 Å². The third-order valence-corrected chi connectivity index (χ3v) is 1.89. The fourth-order valence-corrected chi connectivity index (χ4v) is 1.36. The van der Waals surface area contributed by atoms with E-state index in [1.807, 2.05) is 14.1 Å². The van der Waals surface area contributed by atoms with Crippen molar-refractivity contribution in [1.82, 2.24) is 24.5 Å². The molecule has 1 rings (SSSR count). The van der Waals surface area contributed by atoms with Crippen LogP contribution in [0.4, 0.5) is 0 Å². The second kappa shape index (κ2) is 4.30. The van der Waals surface area contributed by atoms with E-state index in [9.17, 15) is 0 Å². The zero-order valence-corrected chi connectivity index (χ0v) is 7.45. The first-order valence-electron chi connectivity index (χ1n) is 3.30. The molecule has 0 radical (unpaired) electrons. The van der Waals surface area contributed by atoms with Gasteiger partial charge in [-0.05, 0) is 36.5 Å². The quantitative estimate of drug-likeness (QED) is 0.627. The number of tetrazole rings is 1. The topological polar surface area (TPSA) is 46.8 Å². The highest BCUT2D eigenvalue weighted by Crippen LogP contribution is 1.99. The van der Waals surface area contributed by atoms with Gasteiger partial charge in [-0.2, -0.15) is 4.09 Å². The zero-order valence-electron chi connectivity index (χ0n) is 6.64. The van der Waals surface area contributed by atoms with Crippen molar-refractivity contribution in [3.8, 4) is 0 Å². The van der Waals surface area contributed by atoms with Gasteiger partial charge in [-0.25, -0.2) is 0 Å². The molecule has 1 heterocycles. The Balaban J connectivity index is 2.14. The lowest BCUT2D eigenvalue weighted by molar-refractivity contribution is 0.437. The van der Waals surface area contributed by atoms with Crippen LogP contribution in [0.25, 0.3) is 0 Å². The van der Waals surface area contributed by atoms with Gasteiger partial charge in [-0.3, -0.25) is 0 Å². The van der Waals surface area contributed by atoms with Gasteiger partial charge in [0, 0.05) is 12.3 Å². The maximum absolute atomic E-state index is 3.71. The minimum Gasteiger partial charge on any atom is -0.309 e. The third kappa shape index (κ3) is 3.33. The van der Waals surface area contributed by atoms with Crippen LogP contribution in [0.1, 0.15) is 0 Å². The SMILES string of the molecule is CN(C)CCSn1cnnn1. The molecule has 0 aliphatic rings. The van der Waals surface area contributed by atoms with Crippen LogP contribution in [-0.2, 0) is 0 Å². The Bertz CT molecular complexity index is 185. The van der Waals surface area contributed by atoms with Gasteiger partial charge in [-0.15, -0.1) is 5.10 Å². The summed E-state index contributed by atoms with van der Waals surface area (Å²) in [6.45, 7) is 1.03. The molecular weight excluding hydrogens is 162 g/mol. The molecule has 1 aromatic heterocycles. The summed E-state index contributed by atoms with van der Waals surface area (Å²) in [4.78, 5) is 2.12. The Hall–Kier alpha value is -0.620. The lowest BCUT2D eigenvalue weighted by Crippen LogP contribution is -2.15. The number of hydrogen-bond donors (Lipinski definition) is 0. The lowest BCUT2D eigenvalue weighted by atomic mass is 10.7. The molecule has 0 spiro atoms. The van der Waals surface area contributed by atoms with Crippen molar-refractivity contribution in [2.24, 2.45) is 0 Å². The van der Waals surface area contributed by atoms with Crippen LogP contribution < -0.4 is 0 Å². The average molecular weight is 173 g/mol. The van der Waals surface area contributed by atoms with E-state index in [1.54, 1.807) is 22.4 Å². The first-order chi connectivity index (χ1) is 5.29. The van der Waals surface area contributed by atoms with Gasteiger partial charge in [0.15, 0.2) is 6.33 Å². The van der Waals surface area contributed by atoms with Crippen molar-refractivity contribution in [1.29, 1.82) is 0 Å². The van der Waals surface area contributed by atoms with Crippen LogP contribution >= 0.6 is 11.9 Å². The highest BCUT2D eigenvalue weighted by Gasteiger charge is 1.93. The second-order valence-electron chi connectivity index (χ2n) is 2.35. The average Bonchev–Trinajstić information content (AvgIpc) is 2.39. The van der Waals surface area contributed by atoms with E-state index in [0.29, 0.717) is 0 Å². The standard InChI is InChI=1S/C5H11N5S/c1-9(2)3-4-11-10-5-6-7-8-10/h5H,3-4H2,1-2H3. The van der Waals surface area contributed by atoms with E-state index in [-0.39, 0.29) is 0 Å². The van der Waals surface area contributed by atoms with Crippen LogP contribution in [-0.4, -0.2) is 50.9 Å². The summed E-state index contributed by atoms with van der Waals surface area (Å²) >= 11 is 1.59. The van der Waals surface area contributed by atoms with E-state index in [2.05, 4.69) is 20.4 Å². The summed E-state index contributed by atoms with van der Waals surface area (Å²) in [5.74, 6) is 0.998. The van der Waals surface area contributed by atoms with E-state index >= 15 is 0 Å². The predicted octanol–water partition coefficient (Wildman–Crippen LogP) is -0.269. The number of hydrogen-bond acceptors (Lipinski definition) is 5. The molecule has 0 aliphatic carbocycles. The normalized spacial score (nSPS) is 10.8. The maximum Gasteiger partial charge on any atom is 0.150 e. The molecular formula is C5H11N5S. The highest BCUT2D eigenvalue weighted by atomic mass is 32.2. The number of aromatic nitrogens is 4. The smallest absolute Gasteiger partial charge is 0.150 e. The summed E-state index contributed by atoms with van der Waals surface area (Å²) in [6.07, 6.45) is 1.60. The van der Waals surface area contributed by atoms with E-state index in [0.717, 1.165) is 12.3 Å². The van der Waals surface area contributed by atoms with E-state index in [4.69, 9.17) is 0 Å². The molecule has 0 saturated carbocycles. The second-order valence-corrected chi connectivity index (χ2v) is 3.39. The molecule has 0 saturated heterocycles. The maximum atomic E-state index is 3.71. The van der Waals surface area contributed by atoms with Gasteiger partial charge < -0.3 is 4.90 Å². The fourth-order valence-electron chi connectivity index (χ4n) is 0.529. The molecule has 0 fully saturated rings.